The Morgan fingerprint density at radius 1 is 1.19 bits per heavy atom. The predicted molar refractivity (Wildman–Crippen MR) is 79.9 cm³/mol. The summed E-state index contributed by atoms with van der Waals surface area (Å²) in [5.41, 5.74) is 0.259. The van der Waals surface area contributed by atoms with Gasteiger partial charge in [0.25, 0.3) is 0 Å². The molecule has 2 aromatic rings. The van der Waals surface area contributed by atoms with E-state index in [1.165, 1.54) is 6.07 Å². The predicted octanol–water partition coefficient (Wildman–Crippen LogP) is 3.99. The minimum atomic E-state index is -1.19. The van der Waals surface area contributed by atoms with E-state index >= 15 is 0 Å². The van der Waals surface area contributed by atoms with Crippen LogP contribution in [-0.2, 0) is 5.60 Å². The van der Waals surface area contributed by atoms with Gasteiger partial charge in [-0.2, -0.15) is 0 Å². The van der Waals surface area contributed by atoms with Crippen LogP contribution in [0.25, 0.3) is 0 Å². The van der Waals surface area contributed by atoms with E-state index in [0.717, 1.165) is 17.7 Å². The van der Waals surface area contributed by atoms with Crippen molar-refractivity contribution in [3.05, 3.63) is 65.5 Å². The average Bonchev–Trinajstić information content (AvgIpc) is 2.47. The second-order valence-corrected chi connectivity index (χ2v) is 5.83. The molecule has 0 aliphatic carbocycles. The number of ether oxygens (including phenoxy) is 1. The van der Waals surface area contributed by atoms with Crippen LogP contribution in [0.5, 0.6) is 5.75 Å². The van der Waals surface area contributed by atoms with Crippen molar-refractivity contribution in [3.8, 4) is 5.75 Å². The van der Waals surface area contributed by atoms with Gasteiger partial charge in [0.1, 0.15) is 11.6 Å². The maximum Gasteiger partial charge on any atom is 0.129 e. The molecule has 2 aromatic carbocycles. The van der Waals surface area contributed by atoms with Crippen molar-refractivity contribution >= 4 is 0 Å². The molecular weight excluding hydrogens is 267 g/mol. The van der Waals surface area contributed by atoms with Crippen LogP contribution in [0.1, 0.15) is 36.8 Å². The van der Waals surface area contributed by atoms with Gasteiger partial charge in [0.2, 0.25) is 0 Å². The molecule has 0 amide bonds. The Balaban J connectivity index is 1.89. The molecule has 0 saturated carbocycles. The summed E-state index contributed by atoms with van der Waals surface area (Å²) >= 11 is 0. The van der Waals surface area contributed by atoms with Crippen LogP contribution < -0.4 is 4.74 Å². The molecule has 3 rings (SSSR count). The lowest BCUT2D eigenvalue weighted by Gasteiger charge is -2.32. The first kappa shape index (κ1) is 14.1. The summed E-state index contributed by atoms with van der Waals surface area (Å²) in [7, 11) is 0. The lowest BCUT2D eigenvalue weighted by molar-refractivity contribution is 0.0318. The van der Waals surface area contributed by atoms with Crippen molar-refractivity contribution in [2.45, 2.75) is 31.3 Å². The molecule has 21 heavy (non-hydrogen) atoms. The fourth-order valence-electron chi connectivity index (χ4n) is 3.12. The number of hydrogen-bond donors (Lipinski definition) is 1. The Kier molecular flexibility index (Phi) is 3.68. The Bertz CT molecular complexity index is 637. The second kappa shape index (κ2) is 5.49. The van der Waals surface area contributed by atoms with Crippen LogP contribution in [0.3, 0.4) is 0 Å². The lowest BCUT2D eigenvalue weighted by atomic mass is 9.80. The van der Waals surface area contributed by atoms with Gasteiger partial charge in [0, 0.05) is 5.56 Å². The average molecular weight is 286 g/mol. The first-order valence-corrected chi connectivity index (χ1v) is 7.27. The van der Waals surface area contributed by atoms with Gasteiger partial charge in [-0.25, -0.2) is 4.39 Å². The van der Waals surface area contributed by atoms with Gasteiger partial charge in [-0.05, 0) is 43.4 Å². The zero-order valence-electron chi connectivity index (χ0n) is 12.1. The number of halogens is 1. The molecular formula is C18H19FO2. The smallest absolute Gasteiger partial charge is 0.129 e. The van der Waals surface area contributed by atoms with Gasteiger partial charge < -0.3 is 9.84 Å². The fourth-order valence-corrected chi connectivity index (χ4v) is 3.12. The Labute approximate surface area is 124 Å². The van der Waals surface area contributed by atoms with Crippen LogP contribution in [0.4, 0.5) is 4.39 Å². The third kappa shape index (κ3) is 2.79. The van der Waals surface area contributed by atoms with Crippen LogP contribution in [-0.4, -0.2) is 11.7 Å². The highest BCUT2D eigenvalue weighted by molar-refractivity contribution is 5.38. The van der Waals surface area contributed by atoms with Gasteiger partial charge in [-0.3, -0.25) is 0 Å². The summed E-state index contributed by atoms with van der Waals surface area (Å²) in [4.78, 5) is 0. The first-order chi connectivity index (χ1) is 10.1. The highest BCUT2D eigenvalue weighted by Gasteiger charge is 2.32. The number of aliphatic hydroxyl groups is 1. The van der Waals surface area contributed by atoms with Crippen molar-refractivity contribution in [3.63, 3.8) is 0 Å². The normalized spacial score (nSPS) is 20.2. The molecule has 1 aliphatic heterocycles. The maximum atomic E-state index is 14.0. The quantitative estimate of drug-likeness (QED) is 0.924. The molecule has 110 valence electrons. The van der Waals surface area contributed by atoms with Gasteiger partial charge in [-0.15, -0.1) is 0 Å². The Hall–Kier alpha value is -1.87. The topological polar surface area (TPSA) is 29.5 Å². The van der Waals surface area contributed by atoms with Crippen molar-refractivity contribution < 1.29 is 14.2 Å². The summed E-state index contributed by atoms with van der Waals surface area (Å²) in [5.74, 6) is 0.686. The molecule has 1 N–H and O–H groups in total. The molecule has 1 heterocycles. The van der Waals surface area contributed by atoms with E-state index in [1.807, 2.05) is 24.3 Å². The van der Waals surface area contributed by atoms with Crippen molar-refractivity contribution in [1.29, 1.82) is 0 Å². The summed E-state index contributed by atoms with van der Waals surface area (Å²) in [6.07, 6.45) is 1.32. The Morgan fingerprint density at radius 2 is 1.90 bits per heavy atom. The molecule has 0 spiro atoms. The zero-order valence-corrected chi connectivity index (χ0v) is 12.1. The van der Waals surface area contributed by atoms with Crippen molar-refractivity contribution in [1.82, 2.24) is 0 Å². The molecule has 0 saturated heterocycles. The molecule has 0 bridgehead atoms. The molecule has 1 aliphatic rings. The fraction of sp³-hybridized carbons (Fsp3) is 0.333. The highest BCUT2D eigenvalue weighted by atomic mass is 19.1. The van der Waals surface area contributed by atoms with Gasteiger partial charge in [0.05, 0.1) is 12.2 Å². The lowest BCUT2D eigenvalue weighted by Crippen LogP contribution is -2.28. The molecule has 3 heteroatoms. The standard InChI is InChI=1S/C18H19FO2/c1-18(20,15-7-3-4-8-16(15)19)12-13-10-11-21-17-9-5-2-6-14(13)17/h2-9,13,20H,10-12H2,1H3. The third-order valence-corrected chi connectivity index (χ3v) is 4.18. The van der Waals surface area contributed by atoms with E-state index in [-0.39, 0.29) is 11.7 Å². The van der Waals surface area contributed by atoms with E-state index in [4.69, 9.17) is 4.74 Å². The van der Waals surface area contributed by atoms with Crippen molar-refractivity contribution in [2.24, 2.45) is 0 Å². The molecule has 0 radical (unpaired) electrons. The second-order valence-electron chi connectivity index (χ2n) is 5.83. The summed E-state index contributed by atoms with van der Waals surface area (Å²) in [6.45, 7) is 2.32. The van der Waals surface area contributed by atoms with E-state index < -0.39 is 5.60 Å². The summed E-state index contributed by atoms with van der Waals surface area (Å²) in [5, 5.41) is 10.8. The third-order valence-electron chi connectivity index (χ3n) is 4.18. The molecule has 2 unspecified atom stereocenters. The minimum absolute atomic E-state index is 0.171. The van der Waals surface area contributed by atoms with E-state index in [0.29, 0.717) is 18.6 Å². The van der Waals surface area contributed by atoms with Gasteiger partial charge in [-0.1, -0.05) is 36.4 Å². The molecule has 0 fully saturated rings. The van der Waals surface area contributed by atoms with Gasteiger partial charge >= 0.3 is 0 Å². The first-order valence-electron chi connectivity index (χ1n) is 7.27. The largest absolute Gasteiger partial charge is 0.493 e. The maximum absolute atomic E-state index is 14.0. The van der Waals surface area contributed by atoms with Crippen LogP contribution in [0.15, 0.2) is 48.5 Å². The Morgan fingerprint density at radius 3 is 2.71 bits per heavy atom. The number of fused-ring (bicyclic) bond motifs is 1. The SMILES string of the molecule is CC(O)(CC1CCOc2ccccc21)c1ccccc1F. The van der Waals surface area contributed by atoms with Crippen LogP contribution in [0, 0.1) is 5.82 Å². The number of para-hydroxylation sites is 1. The van der Waals surface area contributed by atoms with Crippen LogP contribution >= 0.6 is 0 Å². The number of hydrogen-bond acceptors (Lipinski definition) is 2. The highest BCUT2D eigenvalue weighted by Crippen LogP contribution is 2.41. The van der Waals surface area contributed by atoms with E-state index in [9.17, 15) is 9.50 Å². The zero-order chi connectivity index (χ0) is 14.9. The van der Waals surface area contributed by atoms with Gasteiger partial charge in [0.15, 0.2) is 0 Å². The van der Waals surface area contributed by atoms with Crippen molar-refractivity contribution in [2.75, 3.05) is 6.61 Å². The molecule has 2 atom stereocenters. The van der Waals surface area contributed by atoms with Crippen LogP contribution in [0.2, 0.25) is 0 Å². The van der Waals surface area contributed by atoms with E-state index in [1.54, 1.807) is 25.1 Å². The summed E-state index contributed by atoms with van der Waals surface area (Å²) in [6, 6.07) is 14.3. The van der Waals surface area contributed by atoms with E-state index in [2.05, 4.69) is 0 Å². The molecule has 2 nitrogen and oxygen atoms in total. The minimum Gasteiger partial charge on any atom is -0.493 e. The summed E-state index contributed by atoms with van der Waals surface area (Å²) < 4.78 is 19.6. The number of benzene rings is 2. The monoisotopic (exact) mass is 286 g/mol. The number of rotatable bonds is 3. The molecule has 0 aromatic heterocycles.